The van der Waals surface area contributed by atoms with Gasteiger partial charge in [0.1, 0.15) is 6.10 Å². The first kappa shape index (κ1) is 14.2. The number of rotatable bonds is 3. The van der Waals surface area contributed by atoms with Crippen molar-refractivity contribution in [1.82, 2.24) is 4.90 Å². The quantitative estimate of drug-likeness (QED) is 0.642. The van der Waals surface area contributed by atoms with Crippen molar-refractivity contribution in [2.45, 2.75) is 50.1 Å². The van der Waals surface area contributed by atoms with Crippen LogP contribution < -0.4 is 0 Å². The molecule has 1 saturated heterocycles. The zero-order chi connectivity index (χ0) is 13.1. The maximum absolute atomic E-state index is 9.66. The smallest absolute Gasteiger partial charge is 0.108 e. The van der Waals surface area contributed by atoms with Gasteiger partial charge in [-0.1, -0.05) is 0 Å². The van der Waals surface area contributed by atoms with Crippen LogP contribution in [0.15, 0.2) is 0 Å². The molecule has 1 aliphatic carbocycles. The van der Waals surface area contributed by atoms with E-state index >= 15 is 0 Å². The first-order valence-corrected chi connectivity index (χ1v) is 6.89. The summed E-state index contributed by atoms with van der Waals surface area (Å²) in [6.07, 6.45) is 2.23. The van der Waals surface area contributed by atoms with Crippen molar-refractivity contribution < 1.29 is 20.1 Å². The summed E-state index contributed by atoms with van der Waals surface area (Å²) < 4.78 is 5.35. The number of likely N-dealkylation sites (tertiary alicyclic amines) is 1. The Bertz CT molecular complexity index is 243. The molecule has 5 nitrogen and oxygen atoms in total. The van der Waals surface area contributed by atoms with Gasteiger partial charge in [-0.3, -0.25) is 4.90 Å². The highest BCUT2D eigenvalue weighted by Gasteiger charge is 2.34. The molecule has 0 bridgehead atoms. The van der Waals surface area contributed by atoms with Gasteiger partial charge in [-0.25, -0.2) is 0 Å². The second-order valence-corrected chi connectivity index (χ2v) is 5.72. The van der Waals surface area contributed by atoms with Crippen LogP contribution in [-0.4, -0.2) is 71.4 Å². The lowest BCUT2D eigenvalue weighted by Crippen LogP contribution is -2.56. The van der Waals surface area contributed by atoms with Crippen molar-refractivity contribution in [3.63, 3.8) is 0 Å². The molecule has 3 atom stereocenters. The second kappa shape index (κ2) is 6.30. The van der Waals surface area contributed by atoms with E-state index in [1.165, 1.54) is 0 Å². The summed E-state index contributed by atoms with van der Waals surface area (Å²) in [7, 11) is 1.77. The van der Waals surface area contributed by atoms with Crippen LogP contribution in [0.2, 0.25) is 0 Å². The zero-order valence-electron chi connectivity index (χ0n) is 11.0. The molecule has 1 saturated carbocycles. The number of β-amino-alcohol motifs (C(OH)–C–C–N with tert-alkyl or cyclic N) is 2. The van der Waals surface area contributed by atoms with Crippen LogP contribution >= 0.6 is 0 Å². The maximum Gasteiger partial charge on any atom is 0.108 e. The van der Waals surface area contributed by atoms with Crippen molar-refractivity contribution in [3.8, 4) is 0 Å². The Balaban J connectivity index is 1.77. The molecule has 0 radical (unpaired) electrons. The van der Waals surface area contributed by atoms with Gasteiger partial charge in [-0.2, -0.15) is 0 Å². The van der Waals surface area contributed by atoms with Crippen LogP contribution in [0.1, 0.15) is 25.7 Å². The fraction of sp³-hybridized carbons (Fsp3) is 1.00. The minimum absolute atomic E-state index is 0.403. The highest BCUT2D eigenvalue weighted by atomic mass is 16.5. The van der Waals surface area contributed by atoms with E-state index in [0.717, 1.165) is 32.2 Å². The SMILES string of the molecule is CO[C@H]1CC[C@H](CN2C[C@@H](O)[C@H](O)[C@@H](O)C2)CC1. The third-order valence-corrected chi connectivity index (χ3v) is 4.32. The first-order valence-electron chi connectivity index (χ1n) is 6.89. The monoisotopic (exact) mass is 259 g/mol. The van der Waals surface area contributed by atoms with Gasteiger partial charge in [0.05, 0.1) is 18.3 Å². The molecule has 0 aromatic rings. The molecule has 106 valence electrons. The Labute approximate surface area is 108 Å². The maximum atomic E-state index is 9.66. The molecule has 0 amide bonds. The number of hydrogen-bond donors (Lipinski definition) is 3. The Hall–Kier alpha value is -0.200. The molecule has 0 spiro atoms. The van der Waals surface area contributed by atoms with Gasteiger partial charge in [0, 0.05) is 26.7 Å². The van der Waals surface area contributed by atoms with Crippen LogP contribution in [0.5, 0.6) is 0 Å². The van der Waals surface area contributed by atoms with E-state index in [1.54, 1.807) is 7.11 Å². The molecular formula is C13H25NO4. The third kappa shape index (κ3) is 3.42. The standard InChI is InChI=1S/C13H25NO4/c1-18-10-4-2-9(3-5-10)6-14-7-11(15)13(17)12(16)8-14/h9-13,15-17H,2-8H2,1H3/t9-,10-,11-,12+,13+. The van der Waals surface area contributed by atoms with Crippen molar-refractivity contribution in [1.29, 1.82) is 0 Å². The Morgan fingerprint density at radius 3 is 2.06 bits per heavy atom. The van der Waals surface area contributed by atoms with Crippen molar-refractivity contribution in [3.05, 3.63) is 0 Å². The highest BCUT2D eigenvalue weighted by Crippen LogP contribution is 2.27. The van der Waals surface area contributed by atoms with Crippen LogP contribution in [0.3, 0.4) is 0 Å². The van der Waals surface area contributed by atoms with E-state index in [1.807, 2.05) is 0 Å². The molecule has 2 fully saturated rings. The molecule has 18 heavy (non-hydrogen) atoms. The number of hydrogen-bond acceptors (Lipinski definition) is 5. The summed E-state index contributed by atoms with van der Waals surface area (Å²) in [4.78, 5) is 2.07. The summed E-state index contributed by atoms with van der Waals surface area (Å²) in [5.74, 6) is 0.617. The van der Waals surface area contributed by atoms with Crippen molar-refractivity contribution in [2.24, 2.45) is 5.92 Å². The number of methoxy groups -OCH3 is 1. The average molecular weight is 259 g/mol. The largest absolute Gasteiger partial charge is 0.389 e. The molecule has 1 aliphatic heterocycles. The van der Waals surface area contributed by atoms with Crippen LogP contribution in [0.25, 0.3) is 0 Å². The highest BCUT2D eigenvalue weighted by molar-refractivity contribution is 4.87. The van der Waals surface area contributed by atoms with E-state index in [0.29, 0.717) is 25.1 Å². The second-order valence-electron chi connectivity index (χ2n) is 5.72. The number of piperidine rings is 1. The predicted octanol–water partition coefficient (Wildman–Crippen LogP) is -0.410. The van der Waals surface area contributed by atoms with Crippen molar-refractivity contribution >= 4 is 0 Å². The van der Waals surface area contributed by atoms with E-state index in [4.69, 9.17) is 4.74 Å². The van der Waals surface area contributed by atoms with Gasteiger partial charge in [-0.15, -0.1) is 0 Å². The van der Waals surface area contributed by atoms with Gasteiger partial charge < -0.3 is 20.1 Å². The van der Waals surface area contributed by atoms with Crippen molar-refractivity contribution in [2.75, 3.05) is 26.7 Å². The van der Waals surface area contributed by atoms with Gasteiger partial charge in [-0.05, 0) is 31.6 Å². The summed E-state index contributed by atoms with van der Waals surface area (Å²) in [6, 6.07) is 0. The number of ether oxygens (including phenoxy) is 1. The normalized spacial score (nSPS) is 43.0. The minimum Gasteiger partial charge on any atom is -0.389 e. The fourth-order valence-corrected chi connectivity index (χ4v) is 3.14. The van der Waals surface area contributed by atoms with E-state index in [9.17, 15) is 15.3 Å². The Morgan fingerprint density at radius 2 is 1.56 bits per heavy atom. The lowest BCUT2D eigenvalue weighted by Gasteiger charge is -2.39. The molecule has 3 N–H and O–H groups in total. The lowest BCUT2D eigenvalue weighted by atomic mass is 9.86. The zero-order valence-corrected chi connectivity index (χ0v) is 11.0. The molecule has 2 aliphatic rings. The number of nitrogens with zero attached hydrogens (tertiary/aromatic N) is 1. The molecule has 5 heteroatoms. The Morgan fingerprint density at radius 1 is 1.00 bits per heavy atom. The predicted molar refractivity (Wildman–Crippen MR) is 67.2 cm³/mol. The molecule has 0 aromatic heterocycles. The molecular weight excluding hydrogens is 234 g/mol. The van der Waals surface area contributed by atoms with Gasteiger partial charge in [0.25, 0.3) is 0 Å². The third-order valence-electron chi connectivity index (χ3n) is 4.32. The van der Waals surface area contributed by atoms with Gasteiger partial charge >= 0.3 is 0 Å². The first-order chi connectivity index (χ1) is 8.60. The van der Waals surface area contributed by atoms with Gasteiger partial charge in [0.15, 0.2) is 0 Å². The topological polar surface area (TPSA) is 73.2 Å². The van der Waals surface area contributed by atoms with Crippen LogP contribution in [-0.2, 0) is 4.74 Å². The minimum atomic E-state index is -0.995. The van der Waals surface area contributed by atoms with Gasteiger partial charge in [0.2, 0.25) is 0 Å². The Kier molecular flexibility index (Phi) is 4.98. The van der Waals surface area contributed by atoms with Crippen LogP contribution in [0.4, 0.5) is 0 Å². The summed E-state index contributed by atoms with van der Waals surface area (Å²) in [5, 5.41) is 28.8. The molecule has 0 unspecified atom stereocenters. The molecule has 0 aromatic carbocycles. The van der Waals surface area contributed by atoms with E-state index in [2.05, 4.69) is 4.90 Å². The average Bonchev–Trinajstić information content (AvgIpc) is 2.37. The summed E-state index contributed by atoms with van der Waals surface area (Å²) in [5.41, 5.74) is 0. The number of aliphatic hydroxyl groups is 3. The molecule has 1 heterocycles. The number of aliphatic hydroxyl groups excluding tert-OH is 3. The van der Waals surface area contributed by atoms with E-state index in [-0.39, 0.29) is 0 Å². The summed E-state index contributed by atoms with van der Waals surface area (Å²) in [6.45, 7) is 1.82. The molecule has 2 rings (SSSR count). The van der Waals surface area contributed by atoms with E-state index < -0.39 is 18.3 Å². The van der Waals surface area contributed by atoms with Crippen LogP contribution in [0, 0.1) is 5.92 Å². The summed E-state index contributed by atoms with van der Waals surface area (Å²) >= 11 is 0. The lowest BCUT2D eigenvalue weighted by molar-refractivity contribution is -0.113. The fourth-order valence-electron chi connectivity index (χ4n) is 3.14.